The van der Waals surface area contributed by atoms with E-state index in [0.29, 0.717) is 13.1 Å². The minimum Gasteiger partial charge on any atom is -0.443 e. The first-order chi connectivity index (χ1) is 11.7. The molecular formula is C15H21BrN6O2S. The van der Waals surface area contributed by atoms with Gasteiger partial charge in [-0.2, -0.15) is 4.37 Å². The molecule has 1 N–H and O–H groups in total. The van der Waals surface area contributed by atoms with E-state index < -0.39 is 11.7 Å². The molecule has 0 saturated carbocycles. The number of imidazole rings is 1. The van der Waals surface area contributed by atoms with Crippen molar-refractivity contribution in [1.82, 2.24) is 29.3 Å². The number of ether oxygens (including phenoxy) is 1. The predicted octanol–water partition coefficient (Wildman–Crippen LogP) is 3.29. The summed E-state index contributed by atoms with van der Waals surface area (Å²) in [6.07, 6.45) is -0.455. The van der Waals surface area contributed by atoms with Crippen molar-refractivity contribution in [3.05, 3.63) is 16.1 Å². The Bertz CT molecular complexity index is 797. The number of rotatable bonds is 2. The zero-order valence-corrected chi connectivity index (χ0v) is 17.2. The van der Waals surface area contributed by atoms with Crippen LogP contribution in [-0.4, -0.2) is 42.2 Å². The molecule has 2 aromatic rings. The monoisotopic (exact) mass is 428 g/mol. The first-order valence-corrected chi connectivity index (χ1v) is 9.55. The molecule has 1 aliphatic heterocycles. The van der Waals surface area contributed by atoms with E-state index in [1.807, 2.05) is 39.6 Å². The van der Waals surface area contributed by atoms with Gasteiger partial charge in [-0.05, 0) is 62.1 Å². The molecule has 0 aliphatic carbocycles. The minimum absolute atomic E-state index is 0.0640. The van der Waals surface area contributed by atoms with E-state index in [-0.39, 0.29) is 6.04 Å². The van der Waals surface area contributed by atoms with Crippen LogP contribution in [0.5, 0.6) is 0 Å². The Morgan fingerprint density at radius 2 is 2.08 bits per heavy atom. The zero-order valence-electron chi connectivity index (χ0n) is 14.8. The maximum absolute atomic E-state index is 12.1. The molecule has 1 amide bonds. The second-order valence-electron chi connectivity index (χ2n) is 6.89. The summed E-state index contributed by atoms with van der Waals surface area (Å²) in [5.41, 5.74) is 3.29. The summed E-state index contributed by atoms with van der Waals surface area (Å²) in [6, 6.07) is -0.0640. The molecule has 3 heterocycles. The first kappa shape index (κ1) is 18.3. The smallest absolute Gasteiger partial charge is 0.422 e. The van der Waals surface area contributed by atoms with Crippen molar-refractivity contribution in [2.24, 2.45) is 0 Å². The Labute approximate surface area is 158 Å². The van der Waals surface area contributed by atoms with Crippen LogP contribution in [0.3, 0.4) is 0 Å². The van der Waals surface area contributed by atoms with Gasteiger partial charge in [0.1, 0.15) is 16.0 Å². The molecule has 0 radical (unpaired) electrons. The largest absolute Gasteiger partial charge is 0.443 e. The first-order valence-electron chi connectivity index (χ1n) is 7.98. The lowest BCUT2D eigenvalue weighted by Gasteiger charge is -2.35. The summed E-state index contributed by atoms with van der Waals surface area (Å²) >= 11 is 4.88. The maximum Gasteiger partial charge on any atom is 0.422 e. The topological polar surface area (TPSA) is 85.2 Å². The van der Waals surface area contributed by atoms with Crippen LogP contribution >= 0.6 is 27.5 Å². The van der Waals surface area contributed by atoms with Crippen LogP contribution in [0.2, 0.25) is 0 Å². The fraction of sp³-hybridized carbons (Fsp3) is 0.600. The standard InChI is InChI=1S/C15H21BrN6O2S/c1-8-10-11(16)18-12(13-17-9(2)20-25-13)21(10)6-7-22(8)19-14(23)24-15(3,4)5/h8H,6-7H2,1-5H3,(H,19,23)/t8-/m1/s1. The summed E-state index contributed by atoms with van der Waals surface area (Å²) in [5.74, 6) is 1.54. The highest BCUT2D eigenvalue weighted by molar-refractivity contribution is 9.10. The van der Waals surface area contributed by atoms with Gasteiger partial charge in [0.15, 0.2) is 10.8 Å². The van der Waals surface area contributed by atoms with Crippen molar-refractivity contribution in [2.75, 3.05) is 6.54 Å². The molecule has 2 aromatic heterocycles. The van der Waals surface area contributed by atoms with Gasteiger partial charge >= 0.3 is 6.09 Å². The summed E-state index contributed by atoms with van der Waals surface area (Å²) < 4.78 is 12.5. The molecule has 0 fully saturated rings. The van der Waals surface area contributed by atoms with Crippen molar-refractivity contribution in [3.63, 3.8) is 0 Å². The van der Waals surface area contributed by atoms with E-state index in [9.17, 15) is 4.79 Å². The lowest BCUT2D eigenvalue weighted by atomic mass is 10.2. The number of carbonyl (C=O) groups excluding carboxylic acids is 1. The van der Waals surface area contributed by atoms with Crippen LogP contribution in [-0.2, 0) is 11.3 Å². The Morgan fingerprint density at radius 1 is 1.36 bits per heavy atom. The highest BCUT2D eigenvalue weighted by Crippen LogP contribution is 2.35. The van der Waals surface area contributed by atoms with Gasteiger partial charge in [0.2, 0.25) is 0 Å². The van der Waals surface area contributed by atoms with E-state index >= 15 is 0 Å². The Kier molecular flexibility index (Phi) is 4.86. The lowest BCUT2D eigenvalue weighted by molar-refractivity contribution is 0.0203. The fourth-order valence-corrected chi connectivity index (χ4v) is 4.11. The molecule has 1 atom stereocenters. The van der Waals surface area contributed by atoms with Crippen molar-refractivity contribution >= 4 is 33.6 Å². The molecule has 3 rings (SSSR count). The molecule has 0 aromatic carbocycles. The molecule has 8 nitrogen and oxygen atoms in total. The number of nitrogens with one attached hydrogen (secondary N) is 1. The summed E-state index contributed by atoms with van der Waals surface area (Å²) in [7, 11) is 0. The van der Waals surface area contributed by atoms with Crippen LogP contribution in [0.15, 0.2) is 4.60 Å². The van der Waals surface area contributed by atoms with E-state index in [2.05, 4.69) is 40.3 Å². The van der Waals surface area contributed by atoms with Gasteiger partial charge in [0, 0.05) is 13.1 Å². The third-order valence-electron chi connectivity index (χ3n) is 3.74. The second-order valence-corrected chi connectivity index (χ2v) is 8.40. The van der Waals surface area contributed by atoms with Crippen molar-refractivity contribution in [3.8, 4) is 10.8 Å². The predicted molar refractivity (Wildman–Crippen MR) is 98.1 cm³/mol. The molecule has 0 unspecified atom stereocenters. The molecule has 0 spiro atoms. The average molecular weight is 429 g/mol. The van der Waals surface area contributed by atoms with Gasteiger partial charge in [-0.25, -0.2) is 19.8 Å². The molecule has 1 aliphatic rings. The van der Waals surface area contributed by atoms with E-state index in [4.69, 9.17) is 4.74 Å². The molecule has 0 saturated heterocycles. The van der Waals surface area contributed by atoms with Crippen LogP contribution in [0.25, 0.3) is 10.8 Å². The number of aryl methyl sites for hydroxylation is 1. The molecule has 136 valence electrons. The molecular weight excluding hydrogens is 408 g/mol. The quantitative estimate of drug-likeness (QED) is 0.789. The molecule has 0 bridgehead atoms. The highest BCUT2D eigenvalue weighted by atomic mass is 79.9. The Morgan fingerprint density at radius 3 is 2.68 bits per heavy atom. The third kappa shape index (κ3) is 3.85. The van der Waals surface area contributed by atoms with Crippen LogP contribution in [0.1, 0.15) is 45.3 Å². The number of nitrogens with zero attached hydrogens (tertiary/aromatic N) is 5. The molecule has 25 heavy (non-hydrogen) atoms. The van der Waals surface area contributed by atoms with Crippen molar-refractivity contribution < 1.29 is 9.53 Å². The van der Waals surface area contributed by atoms with Gasteiger partial charge in [-0.1, -0.05) is 0 Å². The van der Waals surface area contributed by atoms with E-state index in [1.54, 1.807) is 0 Å². The van der Waals surface area contributed by atoms with E-state index in [0.717, 1.165) is 27.0 Å². The van der Waals surface area contributed by atoms with Gasteiger partial charge in [0.05, 0.1) is 11.7 Å². The highest BCUT2D eigenvalue weighted by Gasteiger charge is 2.32. The fourth-order valence-electron chi connectivity index (χ4n) is 2.73. The summed E-state index contributed by atoms with van der Waals surface area (Å²) in [4.78, 5) is 21.1. The summed E-state index contributed by atoms with van der Waals surface area (Å²) in [6.45, 7) is 10.7. The Balaban J connectivity index is 1.83. The minimum atomic E-state index is -0.533. The average Bonchev–Trinajstić information content (AvgIpc) is 3.04. The van der Waals surface area contributed by atoms with Crippen LogP contribution in [0, 0.1) is 6.92 Å². The van der Waals surface area contributed by atoms with Crippen molar-refractivity contribution in [1.29, 1.82) is 0 Å². The van der Waals surface area contributed by atoms with Gasteiger partial charge < -0.3 is 9.30 Å². The van der Waals surface area contributed by atoms with Gasteiger partial charge in [0.25, 0.3) is 0 Å². The van der Waals surface area contributed by atoms with Crippen LogP contribution in [0.4, 0.5) is 4.79 Å². The maximum atomic E-state index is 12.1. The number of fused-ring (bicyclic) bond motifs is 1. The molecule has 10 heteroatoms. The number of halogens is 1. The zero-order chi connectivity index (χ0) is 18.4. The Hall–Kier alpha value is -1.52. The van der Waals surface area contributed by atoms with Gasteiger partial charge in [-0.3, -0.25) is 5.43 Å². The third-order valence-corrected chi connectivity index (χ3v) is 5.13. The number of amides is 1. The lowest BCUT2D eigenvalue weighted by Crippen LogP contribution is -2.49. The number of hydrogen-bond donors (Lipinski definition) is 1. The summed E-state index contributed by atoms with van der Waals surface area (Å²) in [5, 5.41) is 2.66. The number of hydrazine groups is 1. The second kappa shape index (κ2) is 6.65. The van der Waals surface area contributed by atoms with Crippen molar-refractivity contribution in [2.45, 2.75) is 52.8 Å². The van der Waals surface area contributed by atoms with Gasteiger partial charge in [-0.15, -0.1) is 0 Å². The normalized spacial score (nSPS) is 18.1. The van der Waals surface area contributed by atoms with Crippen LogP contribution < -0.4 is 5.43 Å². The number of carbonyl (C=O) groups is 1. The number of hydrogen-bond acceptors (Lipinski definition) is 7. The van der Waals surface area contributed by atoms with E-state index in [1.165, 1.54) is 11.5 Å². The number of aromatic nitrogens is 4. The SMILES string of the molecule is Cc1nsc(-c2nc(Br)c3n2CCN(NC(=O)OC(C)(C)C)[C@@H]3C)n1.